The summed E-state index contributed by atoms with van der Waals surface area (Å²) in [6, 6.07) is 16.1. The van der Waals surface area contributed by atoms with Crippen LogP contribution in [-0.4, -0.2) is 41.6 Å². The van der Waals surface area contributed by atoms with E-state index in [1.54, 1.807) is 0 Å². The summed E-state index contributed by atoms with van der Waals surface area (Å²) < 4.78 is 0. The number of piperidine rings is 1. The molecule has 5 nitrogen and oxygen atoms in total. The lowest BCUT2D eigenvalue weighted by Crippen LogP contribution is -2.42. The van der Waals surface area contributed by atoms with Crippen LogP contribution >= 0.6 is 0 Å². The van der Waals surface area contributed by atoms with E-state index < -0.39 is 0 Å². The lowest BCUT2D eigenvalue weighted by atomic mass is 10.0. The number of hydrogen-bond acceptors (Lipinski definition) is 4. The van der Waals surface area contributed by atoms with Gasteiger partial charge in [0.05, 0.1) is 13.2 Å². The molecule has 2 aromatic rings. The summed E-state index contributed by atoms with van der Waals surface area (Å²) in [5, 5.41) is 16.0. The Bertz CT molecular complexity index is 725. The zero-order chi connectivity index (χ0) is 18.4. The maximum absolute atomic E-state index is 12.2. The number of benzene rings is 2. The summed E-state index contributed by atoms with van der Waals surface area (Å²) in [6.45, 7) is 4.28. The van der Waals surface area contributed by atoms with Crippen molar-refractivity contribution in [3.05, 3.63) is 59.7 Å². The van der Waals surface area contributed by atoms with Crippen molar-refractivity contribution in [3.8, 4) is 0 Å². The molecule has 0 bridgehead atoms. The molecule has 26 heavy (non-hydrogen) atoms. The molecule has 1 aliphatic rings. The van der Waals surface area contributed by atoms with E-state index in [4.69, 9.17) is 0 Å². The number of nitrogens with zero attached hydrogens (tertiary/aromatic N) is 1. The molecule has 3 N–H and O–H groups in total. The molecule has 2 aromatic carbocycles. The third-order valence-corrected chi connectivity index (χ3v) is 4.80. The van der Waals surface area contributed by atoms with E-state index in [0.717, 1.165) is 48.4 Å². The highest BCUT2D eigenvalue weighted by atomic mass is 16.3. The molecule has 0 saturated carbocycles. The first-order valence-electron chi connectivity index (χ1n) is 9.18. The van der Waals surface area contributed by atoms with Crippen molar-refractivity contribution in [3.63, 3.8) is 0 Å². The van der Waals surface area contributed by atoms with Crippen molar-refractivity contribution in [2.75, 3.05) is 30.3 Å². The number of anilines is 2. The molecule has 1 saturated heterocycles. The van der Waals surface area contributed by atoms with Gasteiger partial charge in [0, 0.05) is 36.1 Å². The molecule has 1 amide bonds. The zero-order valence-electron chi connectivity index (χ0n) is 15.2. The van der Waals surface area contributed by atoms with Crippen molar-refractivity contribution in [2.24, 2.45) is 0 Å². The Morgan fingerprint density at radius 2 is 1.88 bits per heavy atom. The molecule has 0 aromatic heterocycles. The molecule has 5 heteroatoms. The Kier molecular flexibility index (Phi) is 6.26. The van der Waals surface area contributed by atoms with Gasteiger partial charge in [-0.3, -0.25) is 9.69 Å². The molecular weight excluding hydrogens is 326 g/mol. The van der Waals surface area contributed by atoms with Crippen molar-refractivity contribution in [2.45, 2.75) is 32.4 Å². The van der Waals surface area contributed by atoms with Gasteiger partial charge in [0.2, 0.25) is 5.91 Å². The highest BCUT2D eigenvalue weighted by Gasteiger charge is 2.21. The lowest BCUT2D eigenvalue weighted by Gasteiger charge is -2.32. The number of aliphatic hydroxyl groups is 1. The number of rotatable bonds is 6. The van der Waals surface area contributed by atoms with Gasteiger partial charge in [-0.05, 0) is 38.0 Å². The molecule has 3 rings (SSSR count). The molecule has 1 aliphatic heterocycles. The van der Waals surface area contributed by atoms with E-state index in [1.165, 1.54) is 0 Å². The molecule has 0 radical (unpaired) electrons. The summed E-state index contributed by atoms with van der Waals surface area (Å²) in [7, 11) is 0. The number of para-hydroxylation sites is 1. The Morgan fingerprint density at radius 3 is 2.58 bits per heavy atom. The smallest absolute Gasteiger partial charge is 0.238 e. The van der Waals surface area contributed by atoms with Crippen molar-refractivity contribution in [1.82, 2.24) is 4.90 Å². The normalized spacial score (nSPS) is 15.6. The maximum atomic E-state index is 12.2. The number of carbonyl (C=O) groups excluding carboxylic acids is 1. The Labute approximate surface area is 155 Å². The molecular formula is C21H27N3O2. The number of hydrogen-bond donors (Lipinski definition) is 3. The largest absolute Gasteiger partial charge is 0.392 e. The summed E-state index contributed by atoms with van der Waals surface area (Å²) >= 11 is 0. The summed E-state index contributed by atoms with van der Waals surface area (Å²) in [5.74, 6) is 0.0312. The molecule has 0 atom stereocenters. The topological polar surface area (TPSA) is 64.6 Å². The minimum absolute atomic E-state index is 0.0312. The maximum Gasteiger partial charge on any atom is 0.238 e. The molecule has 0 unspecified atom stereocenters. The van der Waals surface area contributed by atoms with Crippen LogP contribution in [0.2, 0.25) is 0 Å². The average molecular weight is 353 g/mol. The first-order valence-corrected chi connectivity index (χ1v) is 9.18. The van der Waals surface area contributed by atoms with Gasteiger partial charge in [0.15, 0.2) is 0 Å². The third-order valence-electron chi connectivity index (χ3n) is 4.80. The lowest BCUT2D eigenvalue weighted by molar-refractivity contribution is -0.117. The van der Waals surface area contributed by atoms with Gasteiger partial charge in [-0.25, -0.2) is 0 Å². The summed E-state index contributed by atoms with van der Waals surface area (Å²) in [5.41, 5.74) is 3.94. The predicted molar refractivity (Wildman–Crippen MR) is 105 cm³/mol. The Balaban J connectivity index is 1.46. The van der Waals surface area contributed by atoms with E-state index in [-0.39, 0.29) is 12.5 Å². The molecule has 1 fully saturated rings. The van der Waals surface area contributed by atoms with Gasteiger partial charge < -0.3 is 15.7 Å². The minimum atomic E-state index is 0.0312. The number of aryl methyl sites for hydroxylation is 1. The molecule has 0 aliphatic carbocycles. The first kappa shape index (κ1) is 18.4. The fourth-order valence-corrected chi connectivity index (χ4v) is 3.37. The number of amides is 1. The number of aliphatic hydroxyl groups excluding tert-OH is 1. The van der Waals surface area contributed by atoms with E-state index in [9.17, 15) is 9.90 Å². The number of carbonyl (C=O) groups is 1. The van der Waals surface area contributed by atoms with Crippen molar-refractivity contribution in [1.29, 1.82) is 0 Å². The van der Waals surface area contributed by atoms with Crippen LogP contribution in [0.3, 0.4) is 0 Å². The summed E-state index contributed by atoms with van der Waals surface area (Å²) in [4.78, 5) is 14.4. The first-order chi connectivity index (χ1) is 12.6. The van der Waals surface area contributed by atoms with Crippen LogP contribution in [0.4, 0.5) is 11.4 Å². The second-order valence-corrected chi connectivity index (χ2v) is 6.93. The standard InChI is InChI=1S/C21H27N3O2/c1-16-7-8-20(17(13-16)15-25)22-19-9-11-24(12-10-19)14-21(26)23-18-5-3-2-4-6-18/h2-8,13,19,22,25H,9-12,14-15H2,1H3,(H,23,26). The van der Waals surface area contributed by atoms with Gasteiger partial charge in [-0.15, -0.1) is 0 Å². The highest BCUT2D eigenvalue weighted by Crippen LogP contribution is 2.22. The minimum Gasteiger partial charge on any atom is -0.392 e. The quantitative estimate of drug-likeness (QED) is 0.747. The van der Waals surface area contributed by atoms with Gasteiger partial charge in [0.1, 0.15) is 0 Å². The van der Waals surface area contributed by atoms with Crippen molar-refractivity contribution >= 4 is 17.3 Å². The average Bonchev–Trinajstić information content (AvgIpc) is 2.65. The van der Waals surface area contributed by atoms with E-state index >= 15 is 0 Å². The SMILES string of the molecule is Cc1ccc(NC2CCN(CC(=O)Nc3ccccc3)CC2)c(CO)c1. The van der Waals surface area contributed by atoms with E-state index in [1.807, 2.05) is 49.4 Å². The van der Waals surface area contributed by atoms with E-state index in [0.29, 0.717) is 12.6 Å². The van der Waals surface area contributed by atoms with Gasteiger partial charge in [-0.1, -0.05) is 35.9 Å². The third kappa shape index (κ3) is 5.07. The van der Waals surface area contributed by atoms with Crippen LogP contribution < -0.4 is 10.6 Å². The van der Waals surface area contributed by atoms with Gasteiger partial charge in [0.25, 0.3) is 0 Å². The number of likely N-dealkylation sites (tertiary alicyclic amines) is 1. The van der Waals surface area contributed by atoms with E-state index in [2.05, 4.69) is 21.6 Å². The van der Waals surface area contributed by atoms with Crippen LogP contribution in [0.5, 0.6) is 0 Å². The second-order valence-electron chi connectivity index (χ2n) is 6.93. The predicted octanol–water partition coefficient (Wildman–Crippen LogP) is 3.00. The van der Waals surface area contributed by atoms with Crippen LogP contribution in [0.25, 0.3) is 0 Å². The van der Waals surface area contributed by atoms with Crippen LogP contribution in [0.1, 0.15) is 24.0 Å². The molecule has 1 heterocycles. The van der Waals surface area contributed by atoms with Crippen LogP contribution in [-0.2, 0) is 11.4 Å². The highest BCUT2D eigenvalue weighted by molar-refractivity contribution is 5.92. The van der Waals surface area contributed by atoms with Crippen molar-refractivity contribution < 1.29 is 9.90 Å². The van der Waals surface area contributed by atoms with Crippen LogP contribution in [0, 0.1) is 6.92 Å². The Hall–Kier alpha value is -2.37. The Morgan fingerprint density at radius 1 is 1.15 bits per heavy atom. The van der Waals surface area contributed by atoms with Crippen LogP contribution in [0.15, 0.2) is 48.5 Å². The summed E-state index contributed by atoms with van der Waals surface area (Å²) in [6.07, 6.45) is 1.97. The number of nitrogens with one attached hydrogen (secondary N) is 2. The fraction of sp³-hybridized carbons (Fsp3) is 0.381. The molecule has 138 valence electrons. The van der Waals surface area contributed by atoms with Gasteiger partial charge in [-0.2, -0.15) is 0 Å². The zero-order valence-corrected chi connectivity index (χ0v) is 15.2. The molecule has 0 spiro atoms. The monoisotopic (exact) mass is 353 g/mol. The second kappa shape index (κ2) is 8.83. The van der Waals surface area contributed by atoms with Gasteiger partial charge >= 0.3 is 0 Å². The fourth-order valence-electron chi connectivity index (χ4n) is 3.37.